The minimum Gasteiger partial charge on any atom is -0.350 e. The molecule has 0 saturated heterocycles. The van der Waals surface area contributed by atoms with E-state index < -0.39 is 0 Å². The third-order valence-corrected chi connectivity index (χ3v) is 3.10. The Morgan fingerprint density at radius 1 is 1.24 bits per heavy atom. The summed E-state index contributed by atoms with van der Waals surface area (Å²) in [4.78, 5) is 24.2. The molecule has 0 aliphatic carbocycles. The van der Waals surface area contributed by atoms with Crippen molar-refractivity contribution in [3.05, 3.63) is 28.8 Å². The van der Waals surface area contributed by atoms with Crippen molar-refractivity contribution in [2.75, 3.05) is 18.9 Å². The number of rotatable bonds is 6. The molecule has 21 heavy (non-hydrogen) atoms. The second-order valence-corrected chi connectivity index (χ2v) is 5.70. The van der Waals surface area contributed by atoms with Gasteiger partial charge in [0.25, 0.3) is 5.91 Å². The van der Waals surface area contributed by atoms with Crippen LogP contribution in [0.1, 0.15) is 31.1 Å². The second kappa shape index (κ2) is 8.00. The van der Waals surface area contributed by atoms with Gasteiger partial charge in [-0.2, -0.15) is 0 Å². The number of amides is 2. The van der Waals surface area contributed by atoms with E-state index in [2.05, 4.69) is 16.0 Å². The zero-order chi connectivity index (χ0) is 16.0. The van der Waals surface area contributed by atoms with Crippen molar-refractivity contribution in [2.24, 2.45) is 5.92 Å². The van der Waals surface area contributed by atoms with E-state index in [1.54, 1.807) is 25.2 Å². The molecule has 0 heterocycles. The molecule has 116 valence electrons. The zero-order valence-corrected chi connectivity index (χ0v) is 13.5. The molecular formula is C15H22ClN3O2. The van der Waals surface area contributed by atoms with Gasteiger partial charge in [-0.3, -0.25) is 9.59 Å². The molecule has 0 aromatic heterocycles. The number of carbonyl (C=O) groups excluding carboxylic acids is 2. The van der Waals surface area contributed by atoms with Crippen LogP contribution in [0.2, 0.25) is 5.02 Å². The highest BCUT2D eigenvalue weighted by Gasteiger charge is 2.17. The summed E-state index contributed by atoms with van der Waals surface area (Å²) in [5.41, 5.74) is 0.826. The molecule has 0 spiro atoms. The van der Waals surface area contributed by atoms with Gasteiger partial charge in [-0.05, 0) is 39.1 Å². The van der Waals surface area contributed by atoms with Crippen molar-refractivity contribution in [2.45, 2.75) is 26.8 Å². The molecule has 1 aromatic rings. The maximum atomic E-state index is 12.1. The van der Waals surface area contributed by atoms with Crippen LogP contribution in [0.15, 0.2) is 18.2 Å². The second-order valence-electron chi connectivity index (χ2n) is 5.27. The fourth-order valence-electron chi connectivity index (χ4n) is 1.81. The standard InChI is InChI=1S/C15H22ClN3O2/c1-9(2)18-15(21)12-6-5-11(16)7-13(12)19-14(20)10(3)8-17-4/h5-7,9-10,17H,8H2,1-4H3,(H,18,21)(H,19,20). The first kappa shape index (κ1) is 17.5. The Balaban J connectivity index is 2.97. The molecule has 1 atom stereocenters. The summed E-state index contributed by atoms with van der Waals surface area (Å²) in [5.74, 6) is -0.613. The van der Waals surface area contributed by atoms with Gasteiger partial charge < -0.3 is 16.0 Å². The molecular weight excluding hydrogens is 290 g/mol. The van der Waals surface area contributed by atoms with Crippen LogP contribution in [0.5, 0.6) is 0 Å². The number of nitrogens with one attached hydrogen (secondary N) is 3. The van der Waals surface area contributed by atoms with E-state index in [-0.39, 0.29) is 23.8 Å². The van der Waals surface area contributed by atoms with Crippen LogP contribution in [-0.2, 0) is 4.79 Å². The third kappa shape index (κ3) is 5.36. The van der Waals surface area contributed by atoms with Gasteiger partial charge in [-0.1, -0.05) is 18.5 Å². The monoisotopic (exact) mass is 311 g/mol. The molecule has 0 aliphatic heterocycles. The number of benzene rings is 1. The van der Waals surface area contributed by atoms with E-state index in [1.165, 1.54) is 0 Å². The highest BCUT2D eigenvalue weighted by molar-refractivity contribution is 6.31. The summed E-state index contributed by atoms with van der Waals surface area (Å²) in [6.45, 7) is 6.12. The van der Waals surface area contributed by atoms with Crippen LogP contribution in [0.4, 0.5) is 5.69 Å². The van der Waals surface area contributed by atoms with Crippen molar-refractivity contribution in [3.63, 3.8) is 0 Å². The summed E-state index contributed by atoms with van der Waals surface area (Å²) in [7, 11) is 1.78. The van der Waals surface area contributed by atoms with Crippen molar-refractivity contribution in [1.82, 2.24) is 10.6 Å². The summed E-state index contributed by atoms with van der Waals surface area (Å²) in [6.07, 6.45) is 0. The average molecular weight is 312 g/mol. The molecule has 1 rings (SSSR count). The van der Waals surface area contributed by atoms with Gasteiger partial charge in [0.1, 0.15) is 0 Å². The average Bonchev–Trinajstić information content (AvgIpc) is 2.38. The number of hydrogen-bond acceptors (Lipinski definition) is 3. The first-order valence-electron chi connectivity index (χ1n) is 6.91. The number of carbonyl (C=O) groups is 2. The van der Waals surface area contributed by atoms with E-state index in [1.807, 2.05) is 20.8 Å². The Hall–Kier alpha value is -1.59. The topological polar surface area (TPSA) is 70.2 Å². The maximum Gasteiger partial charge on any atom is 0.253 e. The molecule has 1 aromatic carbocycles. The van der Waals surface area contributed by atoms with E-state index in [4.69, 9.17) is 11.6 Å². The van der Waals surface area contributed by atoms with Crippen LogP contribution in [-0.4, -0.2) is 31.4 Å². The lowest BCUT2D eigenvalue weighted by Crippen LogP contribution is -2.32. The van der Waals surface area contributed by atoms with Gasteiger partial charge in [-0.25, -0.2) is 0 Å². The molecule has 0 bridgehead atoms. The molecule has 5 nitrogen and oxygen atoms in total. The lowest BCUT2D eigenvalue weighted by atomic mass is 10.1. The van der Waals surface area contributed by atoms with Crippen LogP contribution >= 0.6 is 11.6 Å². The van der Waals surface area contributed by atoms with Crippen molar-refractivity contribution >= 4 is 29.1 Å². The van der Waals surface area contributed by atoms with Crippen LogP contribution in [0.25, 0.3) is 0 Å². The molecule has 0 radical (unpaired) electrons. The van der Waals surface area contributed by atoms with Gasteiger partial charge in [0, 0.05) is 23.5 Å². The van der Waals surface area contributed by atoms with Gasteiger partial charge in [0.2, 0.25) is 5.91 Å². The molecule has 2 amide bonds. The highest BCUT2D eigenvalue weighted by atomic mass is 35.5. The number of anilines is 1. The van der Waals surface area contributed by atoms with E-state index >= 15 is 0 Å². The Kier molecular flexibility index (Phi) is 6.65. The third-order valence-electron chi connectivity index (χ3n) is 2.86. The van der Waals surface area contributed by atoms with Crippen molar-refractivity contribution in [1.29, 1.82) is 0 Å². The minimum atomic E-state index is -0.238. The SMILES string of the molecule is CNCC(C)C(=O)Nc1cc(Cl)ccc1C(=O)NC(C)C. The molecule has 0 fully saturated rings. The molecule has 6 heteroatoms. The Labute approximate surface area is 130 Å². The van der Waals surface area contributed by atoms with E-state index in [0.29, 0.717) is 22.8 Å². The predicted octanol–water partition coefficient (Wildman–Crippen LogP) is 2.27. The summed E-state index contributed by atoms with van der Waals surface area (Å²) in [6, 6.07) is 4.84. The lowest BCUT2D eigenvalue weighted by molar-refractivity contribution is -0.119. The van der Waals surface area contributed by atoms with Gasteiger partial charge in [-0.15, -0.1) is 0 Å². The lowest BCUT2D eigenvalue weighted by Gasteiger charge is -2.16. The summed E-state index contributed by atoms with van der Waals surface area (Å²) >= 11 is 5.96. The fraction of sp³-hybridized carbons (Fsp3) is 0.467. The maximum absolute atomic E-state index is 12.1. The Morgan fingerprint density at radius 3 is 2.48 bits per heavy atom. The van der Waals surface area contributed by atoms with Crippen LogP contribution in [0, 0.1) is 5.92 Å². The quantitative estimate of drug-likeness (QED) is 0.755. The smallest absolute Gasteiger partial charge is 0.253 e. The van der Waals surface area contributed by atoms with Crippen LogP contribution < -0.4 is 16.0 Å². The van der Waals surface area contributed by atoms with E-state index in [0.717, 1.165) is 0 Å². The first-order chi connectivity index (χ1) is 9.85. The number of hydrogen-bond donors (Lipinski definition) is 3. The molecule has 0 saturated carbocycles. The Bertz CT molecular complexity index is 518. The highest BCUT2D eigenvalue weighted by Crippen LogP contribution is 2.22. The van der Waals surface area contributed by atoms with Gasteiger partial charge in [0.05, 0.1) is 11.3 Å². The zero-order valence-electron chi connectivity index (χ0n) is 12.8. The van der Waals surface area contributed by atoms with Crippen molar-refractivity contribution in [3.8, 4) is 0 Å². The normalized spacial score (nSPS) is 12.1. The minimum absolute atomic E-state index is 0.0138. The number of halogens is 1. The van der Waals surface area contributed by atoms with Gasteiger partial charge in [0.15, 0.2) is 0 Å². The fourth-order valence-corrected chi connectivity index (χ4v) is 1.98. The molecule has 0 aliphatic rings. The summed E-state index contributed by atoms with van der Waals surface area (Å²) in [5, 5.41) is 8.98. The molecule has 1 unspecified atom stereocenters. The van der Waals surface area contributed by atoms with Crippen molar-refractivity contribution < 1.29 is 9.59 Å². The first-order valence-corrected chi connectivity index (χ1v) is 7.28. The largest absolute Gasteiger partial charge is 0.350 e. The van der Waals surface area contributed by atoms with Gasteiger partial charge >= 0.3 is 0 Å². The molecule has 3 N–H and O–H groups in total. The van der Waals surface area contributed by atoms with E-state index in [9.17, 15) is 9.59 Å². The Morgan fingerprint density at radius 2 is 1.90 bits per heavy atom. The van der Waals surface area contributed by atoms with Crippen LogP contribution in [0.3, 0.4) is 0 Å². The predicted molar refractivity (Wildman–Crippen MR) is 85.8 cm³/mol. The summed E-state index contributed by atoms with van der Waals surface area (Å²) < 4.78 is 0.